The van der Waals surface area contributed by atoms with E-state index in [9.17, 15) is 4.79 Å². The van der Waals surface area contributed by atoms with Gasteiger partial charge in [-0.3, -0.25) is 4.79 Å². The molecule has 1 aliphatic heterocycles. The van der Waals surface area contributed by atoms with Crippen molar-refractivity contribution in [1.82, 2.24) is 0 Å². The Morgan fingerprint density at radius 1 is 0.949 bits per heavy atom. The third-order valence-electron chi connectivity index (χ3n) is 14.6. The standard InChI is InChI=1S/C36H56O3/c1-8-24(2)25-14-19-36(23-39-30-11-9-10-22-38-30)21-20-34(6)26(31(25)36)12-13-28-33(5)17-16-29(37)32(3,4)27(33)15-18-35(28,34)7/h16-17,25-28,30-31H,2,8-15,18-23H2,1,3-7H3/t25-,26+,27-,28+,30?,31+,33-,34+,35+,36+/m0/s1. The lowest BCUT2D eigenvalue weighted by molar-refractivity contribution is -0.235. The zero-order valence-electron chi connectivity index (χ0n) is 26.0. The summed E-state index contributed by atoms with van der Waals surface area (Å²) in [6.07, 6.45) is 19.1. The SMILES string of the molecule is C=C(CC)[C@@H]1CC[C@]2(COC3CCCCO3)CC[C@]3(C)[C@H](CC[C@@H]4[C@@]5(C)C=CC(=O)C(C)(C)[C@@H]5CC[C@]43C)[C@@H]12. The van der Waals surface area contributed by atoms with E-state index in [0.29, 0.717) is 40.3 Å². The van der Waals surface area contributed by atoms with Crippen LogP contribution in [0.2, 0.25) is 0 Å². The lowest BCUT2D eigenvalue weighted by Gasteiger charge is -2.71. The predicted octanol–water partition coefficient (Wildman–Crippen LogP) is 8.92. The van der Waals surface area contributed by atoms with Crippen molar-refractivity contribution in [2.45, 2.75) is 125 Å². The van der Waals surface area contributed by atoms with E-state index in [-0.39, 0.29) is 22.5 Å². The molecule has 1 heterocycles. The number of hydrogen-bond acceptors (Lipinski definition) is 3. The van der Waals surface area contributed by atoms with E-state index in [4.69, 9.17) is 9.47 Å². The summed E-state index contributed by atoms with van der Waals surface area (Å²) < 4.78 is 12.7. The molecule has 39 heavy (non-hydrogen) atoms. The molecule has 10 atom stereocenters. The van der Waals surface area contributed by atoms with Gasteiger partial charge in [-0.05, 0) is 134 Å². The molecule has 0 spiro atoms. The van der Waals surface area contributed by atoms with Crippen molar-refractivity contribution in [2.75, 3.05) is 13.2 Å². The molecule has 0 amide bonds. The Labute approximate surface area is 238 Å². The van der Waals surface area contributed by atoms with Gasteiger partial charge < -0.3 is 9.47 Å². The van der Waals surface area contributed by atoms with Crippen molar-refractivity contribution < 1.29 is 14.3 Å². The first-order valence-corrected chi connectivity index (χ1v) is 16.6. The Bertz CT molecular complexity index is 1020. The summed E-state index contributed by atoms with van der Waals surface area (Å²) in [6.45, 7) is 21.1. The molecule has 3 nitrogen and oxygen atoms in total. The van der Waals surface area contributed by atoms with Crippen LogP contribution in [-0.4, -0.2) is 25.3 Å². The molecular weight excluding hydrogens is 480 g/mol. The maximum absolute atomic E-state index is 13.0. The van der Waals surface area contributed by atoms with Crippen LogP contribution in [0.3, 0.4) is 0 Å². The van der Waals surface area contributed by atoms with Crippen LogP contribution < -0.4 is 0 Å². The average Bonchev–Trinajstić information content (AvgIpc) is 3.30. The zero-order valence-corrected chi connectivity index (χ0v) is 26.0. The Kier molecular flexibility index (Phi) is 6.90. The minimum Gasteiger partial charge on any atom is -0.353 e. The molecule has 0 bridgehead atoms. The van der Waals surface area contributed by atoms with Gasteiger partial charge in [0.15, 0.2) is 12.1 Å². The number of hydrogen-bond donors (Lipinski definition) is 0. The zero-order chi connectivity index (χ0) is 27.8. The van der Waals surface area contributed by atoms with Gasteiger partial charge in [-0.1, -0.05) is 59.8 Å². The minimum absolute atomic E-state index is 0.00291. The van der Waals surface area contributed by atoms with Gasteiger partial charge in [0, 0.05) is 12.0 Å². The maximum Gasteiger partial charge on any atom is 0.161 e. The lowest BCUT2D eigenvalue weighted by atomic mass is 9.33. The van der Waals surface area contributed by atoms with Crippen molar-refractivity contribution >= 4 is 5.78 Å². The molecule has 1 saturated heterocycles. The number of ether oxygens (including phenoxy) is 2. The summed E-state index contributed by atoms with van der Waals surface area (Å²) in [7, 11) is 0. The van der Waals surface area contributed by atoms with Gasteiger partial charge in [-0.25, -0.2) is 0 Å². The molecule has 0 aromatic heterocycles. The van der Waals surface area contributed by atoms with Crippen LogP contribution in [0.25, 0.3) is 0 Å². The highest BCUT2D eigenvalue weighted by atomic mass is 16.7. The fraction of sp³-hybridized carbons (Fsp3) is 0.861. The Morgan fingerprint density at radius 2 is 1.74 bits per heavy atom. The van der Waals surface area contributed by atoms with Crippen molar-refractivity contribution in [3.05, 3.63) is 24.3 Å². The second-order valence-electron chi connectivity index (χ2n) is 16.1. The lowest BCUT2D eigenvalue weighted by Crippen LogP contribution is -2.65. The van der Waals surface area contributed by atoms with Gasteiger partial charge in [0.1, 0.15) is 0 Å². The molecule has 4 saturated carbocycles. The molecule has 6 aliphatic rings. The second kappa shape index (κ2) is 9.55. The van der Waals surface area contributed by atoms with Gasteiger partial charge in [0.2, 0.25) is 0 Å². The Morgan fingerprint density at radius 3 is 2.46 bits per heavy atom. The highest BCUT2D eigenvalue weighted by Gasteiger charge is 2.70. The average molecular weight is 537 g/mol. The van der Waals surface area contributed by atoms with Gasteiger partial charge in [0.05, 0.1) is 6.61 Å². The van der Waals surface area contributed by atoms with Crippen molar-refractivity contribution in [1.29, 1.82) is 0 Å². The molecular formula is C36H56O3. The van der Waals surface area contributed by atoms with E-state index in [0.717, 1.165) is 32.0 Å². The van der Waals surface area contributed by atoms with Gasteiger partial charge >= 0.3 is 0 Å². The van der Waals surface area contributed by atoms with E-state index < -0.39 is 0 Å². The van der Waals surface area contributed by atoms with Crippen LogP contribution in [0.15, 0.2) is 24.3 Å². The number of ketones is 1. The van der Waals surface area contributed by atoms with Gasteiger partial charge in [-0.15, -0.1) is 0 Å². The summed E-state index contributed by atoms with van der Waals surface area (Å²) in [5.41, 5.74) is 2.22. The number of carbonyl (C=O) groups excluding carboxylic acids is 1. The van der Waals surface area contributed by atoms with E-state index >= 15 is 0 Å². The fourth-order valence-electron chi connectivity index (χ4n) is 12.1. The predicted molar refractivity (Wildman–Crippen MR) is 158 cm³/mol. The number of rotatable bonds is 5. The third kappa shape index (κ3) is 3.90. The maximum atomic E-state index is 13.0. The summed E-state index contributed by atoms with van der Waals surface area (Å²) in [5, 5.41) is 0. The van der Waals surface area contributed by atoms with E-state index in [1.807, 2.05) is 6.08 Å². The molecule has 0 aromatic rings. The fourth-order valence-corrected chi connectivity index (χ4v) is 12.1. The number of allylic oxidation sites excluding steroid dienone is 3. The molecule has 0 N–H and O–H groups in total. The summed E-state index contributed by atoms with van der Waals surface area (Å²) in [6, 6.07) is 0. The Hall–Kier alpha value is -0.930. The largest absolute Gasteiger partial charge is 0.353 e. The van der Waals surface area contributed by atoms with Crippen molar-refractivity contribution in [3.8, 4) is 0 Å². The Balaban J connectivity index is 1.34. The van der Waals surface area contributed by atoms with Crippen LogP contribution in [-0.2, 0) is 14.3 Å². The third-order valence-corrected chi connectivity index (χ3v) is 14.6. The molecule has 0 radical (unpaired) electrons. The molecule has 218 valence electrons. The van der Waals surface area contributed by atoms with Crippen LogP contribution in [0.1, 0.15) is 119 Å². The monoisotopic (exact) mass is 536 g/mol. The van der Waals surface area contributed by atoms with E-state index in [1.165, 1.54) is 69.8 Å². The topological polar surface area (TPSA) is 35.5 Å². The van der Waals surface area contributed by atoms with Crippen LogP contribution >= 0.6 is 0 Å². The second-order valence-corrected chi connectivity index (χ2v) is 16.1. The van der Waals surface area contributed by atoms with E-state index in [1.54, 1.807) is 0 Å². The van der Waals surface area contributed by atoms with Crippen LogP contribution in [0, 0.1) is 56.7 Å². The normalized spacial score (nSPS) is 50.5. The first kappa shape index (κ1) is 28.2. The first-order chi connectivity index (χ1) is 18.4. The summed E-state index contributed by atoms with van der Waals surface area (Å²) in [4.78, 5) is 13.0. The summed E-state index contributed by atoms with van der Waals surface area (Å²) >= 11 is 0. The molecule has 0 aromatic carbocycles. The smallest absolute Gasteiger partial charge is 0.161 e. The molecule has 1 unspecified atom stereocenters. The van der Waals surface area contributed by atoms with Crippen molar-refractivity contribution in [2.24, 2.45) is 56.7 Å². The van der Waals surface area contributed by atoms with Crippen LogP contribution in [0.5, 0.6) is 0 Å². The van der Waals surface area contributed by atoms with Crippen molar-refractivity contribution in [3.63, 3.8) is 0 Å². The molecule has 5 fully saturated rings. The van der Waals surface area contributed by atoms with Crippen LogP contribution in [0.4, 0.5) is 0 Å². The highest BCUT2D eigenvalue weighted by molar-refractivity contribution is 5.95. The number of fused-ring (bicyclic) bond motifs is 7. The highest BCUT2D eigenvalue weighted by Crippen LogP contribution is 2.76. The number of carbonyl (C=O) groups is 1. The summed E-state index contributed by atoms with van der Waals surface area (Å²) in [5.74, 6) is 3.46. The minimum atomic E-state index is -0.252. The first-order valence-electron chi connectivity index (χ1n) is 16.6. The van der Waals surface area contributed by atoms with E-state index in [2.05, 4.69) is 54.2 Å². The molecule has 5 aliphatic carbocycles. The van der Waals surface area contributed by atoms with Gasteiger partial charge in [0.25, 0.3) is 0 Å². The molecule has 3 heteroatoms. The van der Waals surface area contributed by atoms with Gasteiger partial charge in [-0.2, -0.15) is 0 Å². The molecule has 6 rings (SSSR count). The quantitative estimate of drug-likeness (QED) is 0.329.